The van der Waals surface area contributed by atoms with Gasteiger partial charge in [0.1, 0.15) is 0 Å². The Labute approximate surface area is 165 Å². The second-order valence-corrected chi connectivity index (χ2v) is 7.82. The fraction of sp³-hybridized carbons (Fsp3) is 0.286. The molecule has 3 atom stereocenters. The standard InChI is InChI=1S/C21H18BrNO4/c1-25-21(24)14-7-3-6-12-11-4-2-5-13(11)20(23-19(12)14)15-8-17-18(9-16(15)22)27-10-26-17/h2-4,6-9,11,13,20,23H,5,10H2,1H3/t11-,13+,20+/m1/s1. The number of carbonyl (C=O) groups is 1. The first kappa shape index (κ1) is 16.7. The van der Waals surface area contributed by atoms with Crippen molar-refractivity contribution >= 4 is 27.6 Å². The van der Waals surface area contributed by atoms with Crippen molar-refractivity contribution in [3.05, 3.63) is 63.6 Å². The number of nitrogens with one attached hydrogen (secondary N) is 1. The van der Waals surface area contributed by atoms with Crippen molar-refractivity contribution in [3.63, 3.8) is 0 Å². The molecule has 2 aromatic carbocycles. The molecule has 1 N–H and O–H groups in total. The van der Waals surface area contributed by atoms with E-state index < -0.39 is 0 Å². The predicted octanol–water partition coefficient (Wildman–Crippen LogP) is 4.79. The van der Waals surface area contributed by atoms with Gasteiger partial charge in [0, 0.05) is 10.4 Å². The molecular formula is C21H18BrNO4. The first-order valence-corrected chi connectivity index (χ1v) is 9.70. The lowest BCUT2D eigenvalue weighted by Crippen LogP contribution is -2.30. The van der Waals surface area contributed by atoms with E-state index in [2.05, 4.69) is 39.5 Å². The van der Waals surface area contributed by atoms with Gasteiger partial charge in [-0.2, -0.15) is 0 Å². The van der Waals surface area contributed by atoms with Crippen LogP contribution >= 0.6 is 15.9 Å². The van der Waals surface area contributed by atoms with Crippen molar-refractivity contribution in [2.45, 2.75) is 18.4 Å². The van der Waals surface area contributed by atoms with Gasteiger partial charge in [-0.25, -0.2) is 4.79 Å². The van der Waals surface area contributed by atoms with Crippen LogP contribution in [0.15, 0.2) is 47.0 Å². The number of benzene rings is 2. The van der Waals surface area contributed by atoms with Gasteiger partial charge >= 0.3 is 5.97 Å². The SMILES string of the molecule is COC(=O)c1cccc2c1N[C@H](c1cc3c(cc1Br)OCO3)[C@H]1CC=C[C@H]21. The highest BCUT2D eigenvalue weighted by Crippen LogP contribution is 2.53. The van der Waals surface area contributed by atoms with E-state index in [9.17, 15) is 4.79 Å². The highest BCUT2D eigenvalue weighted by molar-refractivity contribution is 9.10. The molecule has 0 aromatic heterocycles. The summed E-state index contributed by atoms with van der Waals surface area (Å²) in [5, 5.41) is 3.63. The Hall–Kier alpha value is -2.47. The first-order valence-electron chi connectivity index (χ1n) is 8.91. The number of hydrogen-bond acceptors (Lipinski definition) is 5. The lowest BCUT2D eigenvalue weighted by atomic mass is 9.76. The quantitative estimate of drug-likeness (QED) is 0.551. The van der Waals surface area contributed by atoms with Gasteiger partial charge in [0.2, 0.25) is 6.79 Å². The van der Waals surface area contributed by atoms with Crippen LogP contribution in [0, 0.1) is 5.92 Å². The van der Waals surface area contributed by atoms with E-state index in [1.54, 1.807) is 0 Å². The van der Waals surface area contributed by atoms with Crippen LogP contribution < -0.4 is 14.8 Å². The molecule has 5 rings (SSSR count). The lowest BCUT2D eigenvalue weighted by molar-refractivity contribution is 0.0601. The summed E-state index contributed by atoms with van der Waals surface area (Å²) in [7, 11) is 1.41. The zero-order valence-electron chi connectivity index (χ0n) is 14.7. The molecule has 138 valence electrons. The fourth-order valence-corrected chi connectivity index (χ4v) is 4.95. The van der Waals surface area contributed by atoms with Crippen molar-refractivity contribution in [1.82, 2.24) is 0 Å². The summed E-state index contributed by atoms with van der Waals surface area (Å²) in [6.07, 6.45) is 5.45. The summed E-state index contributed by atoms with van der Waals surface area (Å²) in [6.45, 7) is 0.242. The van der Waals surface area contributed by atoms with E-state index in [1.165, 1.54) is 7.11 Å². The molecule has 27 heavy (non-hydrogen) atoms. The number of carbonyl (C=O) groups excluding carboxylic acids is 1. The Kier molecular flexibility index (Phi) is 3.90. The lowest BCUT2D eigenvalue weighted by Gasteiger charge is -2.38. The van der Waals surface area contributed by atoms with Gasteiger partial charge in [-0.1, -0.05) is 40.2 Å². The monoisotopic (exact) mass is 427 g/mol. The van der Waals surface area contributed by atoms with Crippen molar-refractivity contribution in [2.24, 2.45) is 5.92 Å². The Bertz CT molecular complexity index is 971. The molecule has 5 nitrogen and oxygen atoms in total. The first-order chi connectivity index (χ1) is 13.2. The summed E-state index contributed by atoms with van der Waals surface area (Å²) in [5.41, 5.74) is 3.66. The van der Waals surface area contributed by atoms with Crippen LogP contribution in [-0.2, 0) is 4.74 Å². The molecule has 0 bridgehead atoms. The van der Waals surface area contributed by atoms with Gasteiger partial charge in [-0.3, -0.25) is 0 Å². The molecule has 0 amide bonds. The Balaban J connectivity index is 1.64. The van der Waals surface area contributed by atoms with Gasteiger partial charge in [0.05, 0.1) is 24.4 Å². The minimum atomic E-state index is -0.330. The van der Waals surface area contributed by atoms with Gasteiger partial charge in [-0.15, -0.1) is 0 Å². The van der Waals surface area contributed by atoms with Crippen LogP contribution in [-0.4, -0.2) is 19.9 Å². The number of methoxy groups -OCH3 is 1. The molecule has 0 radical (unpaired) electrons. The van der Waals surface area contributed by atoms with Gasteiger partial charge < -0.3 is 19.5 Å². The highest BCUT2D eigenvalue weighted by atomic mass is 79.9. The maximum absolute atomic E-state index is 12.3. The maximum Gasteiger partial charge on any atom is 0.339 e. The predicted molar refractivity (Wildman–Crippen MR) is 104 cm³/mol. The third-order valence-corrected chi connectivity index (χ3v) is 6.32. The molecule has 6 heteroatoms. The molecule has 0 fully saturated rings. The molecule has 0 unspecified atom stereocenters. The molecule has 3 aliphatic rings. The minimum absolute atomic E-state index is 0.0344. The third-order valence-electron chi connectivity index (χ3n) is 5.63. The number of esters is 1. The number of hydrogen-bond donors (Lipinski definition) is 1. The number of rotatable bonds is 2. The molecule has 2 aromatic rings. The van der Waals surface area contributed by atoms with Crippen molar-refractivity contribution < 1.29 is 19.0 Å². The third kappa shape index (κ3) is 2.54. The van der Waals surface area contributed by atoms with Gasteiger partial charge in [-0.05, 0) is 41.7 Å². The molecule has 0 saturated carbocycles. The smallest absolute Gasteiger partial charge is 0.339 e. The maximum atomic E-state index is 12.3. The summed E-state index contributed by atoms with van der Waals surface area (Å²) >= 11 is 3.70. The van der Waals surface area contributed by atoms with Crippen LogP contribution in [0.5, 0.6) is 11.5 Å². The van der Waals surface area contributed by atoms with Crippen molar-refractivity contribution in [3.8, 4) is 11.5 Å². The Morgan fingerprint density at radius 3 is 2.85 bits per heavy atom. The number of allylic oxidation sites excluding steroid dienone is 2. The van der Waals surface area contributed by atoms with E-state index in [0.717, 1.165) is 39.2 Å². The fourth-order valence-electron chi connectivity index (χ4n) is 4.38. The molecule has 2 aliphatic heterocycles. The summed E-state index contributed by atoms with van der Waals surface area (Å²) in [5.74, 6) is 1.79. The molecule has 1 aliphatic carbocycles. The number of halogens is 1. The van der Waals surface area contributed by atoms with Gasteiger partial charge in [0.25, 0.3) is 0 Å². The normalized spacial score (nSPS) is 24.1. The van der Waals surface area contributed by atoms with Crippen LogP contribution in [0.25, 0.3) is 0 Å². The zero-order valence-corrected chi connectivity index (χ0v) is 16.3. The number of ether oxygens (including phenoxy) is 3. The van der Waals surface area contributed by atoms with Crippen molar-refractivity contribution in [1.29, 1.82) is 0 Å². The van der Waals surface area contributed by atoms with E-state index in [4.69, 9.17) is 14.2 Å². The van der Waals surface area contributed by atoms with Crippen LogP contribution in [0.4, 0.5) is 5.69 Å². The number of fused-ring (bicyclic) bond motifs is 4. The van der Waals surface area contributed by atoms with Crippen molar-refractivity contribution in [2.75, 3.05) is 19.2 Å². The molecule has 0 spiro atoms. The zero-order chi connectivity index (χ0) is 18.5. The Morgan fingerprint density at radius 2 is 2.04 bits per heavy atom. The molecular weight excluding hydrogens is 410 g/mol. The number of anilines is 1. The molecule has 0 saturated heterocycles. The van der Waals surface area contributed by atoms with Gasteiger partial charge in [0.15, 0.2) is 11.5 Å². The van der Waals surface area contributed by atoms with E-state index in [-0.39, 0.29) is 24.7 Å². The second kappa shape index (κ2) is 6.30. The summed E-state index contributed by atoms with van der Waals surface area (Å²) in [6, 6.07) is 9.85. The number of para-hydroxylation sites is 1. The summed E-state index contributed by atoms with van der Waals surface area (Å²) < 4.78 is 17.0. The van der Waals surface area contributed by atoms with Crippen LogP contribution in [0.3, 0.4) is 0 Å². The van der Waals surface area contributed by atoms with Crippen LogP contribution in [0.1, 0.15) is 39.9 Å². The molecule has 2 heterocycles. The largest absolute Gasteiger partial charge is 0.465 e. The summed E-state index contributed by atoms with van der Waals surface area (Å²) in [4.78, 5) is 12.3. The topological polar surface area (TPSA) is 56.8 Å². The van der Waals surface area contributed by atoms with Crippen LogP contribution in [0.2, 0.25) is 0 Å². The second-order valence-electron chi connectivity index (χ2n) is 6.96. The van der Waals surface area contributed by atoms with E-state index in [0.29, 0.717) is 11.5 Å². The highest BCUT2D eigenvalue weighted by Gasteiger charge is 2.40. The minimum Gasteiger partial charge on any atom is -0.465 e. The average molecular weight is 428 g/mol. The van der Waals surface area contributed by atoms with E-state index >= 15 is 0 Å². The average Bonchev–Trinajstić information content (AvgIpc) is 3.34. The van der Waals surface area contributed by atoms with E-state index in [1.807, 2.05) is 24.3 Å². The Morgan fingerprint density at radius 1 is 1.22 bits per heavy atom.